The van der Waals surface area contributed by atoms with E-state index < -0.39 is 6.03 Å². The first-order chi connectivity index (χ1) is 9.06. The summed E-state index contributed by atoms with van der Waals surface area (Å²) in [6.45, 7) is 1.98. The third-order valence-electron chi connectivity index (χ3n) is 2.45. The number of carbonyl (C=O) groups excluding carboxylic acids is 1. The molecule has 19 heavy (non-hydrogen) atoms. The minimum Gasteiger partial charge on any atom is -0.389 e. The van der Waals surface area contributed by atoms with Gasteiger partial charge in [0, 0.05) is 5.69 Å². The van der Waals surface area contributed by atoms with E-state index in [1.807, 2.05) is 31.2 Å². The number of H-pyrrole nitrogens is 1. The van der Waals surface area contributed by atoms with E-state index in [-0.39, 0.29) is 4.99 Å². The van der Waals surface area contributed by atoms with E-state index in [4.69, 9.17) is 18.0 Å². The minimum absolute atomic E-state index is 0.166. The number of aryl methyl sites for hydroxylation is 1. The lowest BCUT2D eigenvalue weighted by Crippen LogP contribution is -2.22. The molecule has 0 atom stereocenters. The molecule has 1 aromatic carbocycles. The molecule has 0 bridgehead atoms. The monoisotopic (exact) mass is 275 g/mol. The third-order valence-corrected chi connectivity index (χ3v) is 2.67. The first kappa shape index (κ1) is 13.0. The number of thiocarbonyl (C=S) groups is 1. The van der Waals surface area contributed by atoms with Crippen LogP contribution in [0.5, 0.6) is 0 Å². The van der Waals surface area contributed by atoms with E-state index in [1.165, 1.54) is 6.20 Å². The van der Waals surface area contributed by atoms with Gasteiger partial charge in [0.05, 0.1) is 11.8 Å². The Bertz CT molecular complexity index is 605. The first-order valence-corrected chi connectivity index (χ1v) is 5.95. The predicted octanol–water partition coefficient (Wildman–Crippen LogP) is 2.00. The number of nitrogens with two attached hydrogens (primary N) is 1. The van der Waals surface area contributed by atoms with E-state index >= 15 is 0 Å². The van der Waals surface area contributed by atoms with Crippen LogP contribution in [0.1, 0.15) is 11.1 Å². The normalized spacial score (nSPS) is 9.95. The lowest BCUT2D eigenvalue weighted by atomic mass is 10.2. The molecule has 0 saturated carbocycles. The fraction of sp³-hybridized carbons (Fsp3) is 0.0833. The standard InChI is InChI=1S/C12H13N5OS/c1-7-2-4-8(5-3-7)15-12(18)16-11-9(10(13)19)6-14-17-11/h2-6H,1H3,(H2,13,19)(H3,14,15,16,17,18). The molecule has 0 fully saturated rings. The number of rotatable bonds is 3. The zero-order chi connectivity index (χ0) is 13.8. The fourth-order valence-electron chi connectivity index (χ4n) is 1.48. The van der Waals surface area contributed by atoms with Gasteiger partial charge in [0.15, 0.2) is 0 Å². The second kappa shape index (κ2) is 5.49. The van der Waals surface area contributed by atoms with Crippen LogP contribution in [-0.2, 0) is 0 Å². The van der Waals surface area contributed by atoms with Gasteiger partial charge >= 0.3 is 6.03 Å². The summed E-state index contributed by atoms with van der Waals surface area (Å²) in [4.78, 5) is 12.0. The Hall–Kier alpha value is -2.41. The van der Waals surface area contributed by atoms with Gasteiger partial charge in [-0.1, -0.05) is 29.9 Å². The van der Waals surface area contributed by atoms with Crippen molar-refractivity contribution in [2.75, 3.05) is 10.6 Å². The number of urea groups is 1. The maximum atomic E-state index is 11.8. The van der Waals surface area contributed by atoms with Crippen molar-refractivity contribution >= 4 is 34.7 Å². The van der Waals surface area contributed by atoms with Crippen LogP contribution in [0.25, 0.3) is 0 Å². The number of anilines is 2. The van der Waals surface area contributed by atoms with E-state index in [9.17, 15) is 4.79 Å². The number of carbonyl (C=O) groups is 1. The topological polar surface area (TPSA) is 95.8 Å². The molecule has 0 aliphatic heterocycles. The summed E-state index contributed by atoms with van der Waals surface area (Å²) >= 11 is 4.85. The molecule has 1 aromatic heterocycles. The lowest BCUT2D eigenvalue weighted by molar-refractivity contribution is 0.262. The van der Waals surface area contributed by atoms with Crippen molar-refractivity contribution < 1.29 is 4.79 Å². The molecule has 0 unspecified atom stereocenters. The molecule has 2 rings (SSSR count). The average molecular weight is 275 g/mol. The molecule has 0 aliphatic carbocycles. The van der Waals surface area contributed by atoms with Gasteiger partial charge in [-0.3, -0.25) is 10.4 Å². The van der Waals surface area contributed by atoms with Crippen LogP contribution >= 0.6 is 12.2 Å². The van der Waals surface area contributed by atoms with E-state index in [0.29, 0.717) is 17.1 Å². The molecule has 6 nitrogen and oxygen atoms in total. The van der Waals surface area contributed by atoms with Crippen molar-refractivity contribution in [3.05, 3.63) is 41.6 Å². The van der Waals surface area contributed by atoms with Crippen molar-refractivity contribution in [1.29, 1.82) is 0 Å². The van der Waals surface area contributed by atoms with E-state index in [1.54, 1.807) is 0 Å². The van der Waals surface area contributed by atoms with Gasteiger partial charge in [0.1, 0.15) is 10.8 Å². The summed E-state index contributed by atoms with van der Waals surface area (Å²) in [5, 5.41) is 11.7. The van der Waals surface area contributed by atoms with Crippen LogP contribution in [-0.4, -0.2) is 21.2 Å². The van der Waals surface area contributed by atoms with Crippen molar-refractivity contribution in [2.45, 2.75) is 6.92 Å². The van der Waals surface area contributed by atoms with Crippen molar-refractivity contribution in [1.82, 2.24) is 10.2 Å². The number of hydrogen-bond donors (Lipinski definition) is 4. The van der Waals surface area contributed by atoms with E-state index in [2.05, 4.69) is 20.8 Å². The van der Waals surface area contributed by atoms with Crippen LogP contribution in [0.2, 0.25) is 0 Å². The molecule has 98 valence electrons. The van der Waals surface area contributed by atoms with Crippen LogP contribution in [0.4, 0.5) is 16.3 Å². The fourth-order valence-corrected chi connectivity index (χ4v) is 1.64. The largest absolute Gasteiger partial charge is 0.389 e. The molecule has 2 amide bonds. The minimum atomic E-state index is -0.398. The Labute approximate surface area is 115 Å². The van der Waals surface area contributed by atoms with Gasteiger partial charge in [-0.05, 0) is 19.1 Å². The Kier molecular flexibility index (Phi) is 3.76. The number of nitrogens with zero attached hydrogens (tertiary/aromatic N) is 1. The summed E-state index contributed by atoms with van der Waals surface area (Å²) in [7, 11) is 0. The highest BCUT2D eigenvalue weighted by molar-refractivity contribution is 7.80. The van der Waals surface area contributed by atoms with Crippen LogP contribution in [0.3, 0.4) is 0 Å². The molecule has 0 spiro atoms. The summed E-state index contributed by atoms with van der Waals surface area (Å²) in [5.41, 5.74) is 7.81. The molecular formula is C12H13N5OS. The first-order valence-electron chi connectivity index (χ1n) is 5.54. The molecule has 2 aromatic rings. The lowest BCUT2D eigenvalue weighted by Gasteiger charge is -2.07. The van der Waals surface area contributed by atoms with Crippen LogP contribution in [0.15, 0.2) is 30.5 Å². The number of aromatic nitrogens is 2. The summed E-state index contributed by atoms with van der Waals surface area (Å²) in [6, 6.07) is 7.05. The van der Waals surface area contributed by atoms with Crippen LogP contribution < -0.4 is 16.4 Å². The molecular weight excluding hydrogens is 262 g/mol. The number of hydrogen-bond acceptors (Lipinski definition) is 3. The van der Waals surface area contributed by atoms with Gasteiger partial charge in [0.25, 0.3) is 0 Å². The van der Waals surface area contributed by atoms with Crippen molar-refractivity contribution in [2.24, 2.45) is 5.73 Å². The van der Waals surface area contributed by atoms with Gasteiger partial charge in [0.2, 0.25) is 0 Å². The molecule has 5 N–H and O–H groups in total. The third kappa shape index (κ3) is 3.29. The van der Waals surface area contributed by atoms with Gasteiger partial charge in [-0.25, -0.2) is 4.79 Å². The van der Waals surface area contributed by atoms with Gasteiger partial charge in [-0.15, -0.1) is 0 Å². The summed E-state index contributed by atoms with van der Waals surface area (Å²) < 4.78 is 0. The number of amides is 2. The zero-order valence-electron chi connectivity index (χ0n) is 10.2. The van der Waals surface area contributed by atoms with Gasteiger partial charge in [-0.2, -0.15) is 5.10 Å². The second-order valence-corrected chi connectivity index (χ2v) is 4.41. The number of aromatic amines is 1. The Balaban J connectivity index is 2.03. The maximum Gasteiger partial charge on any atom is 0.324 e. The highest BCUT2D eigenvalue weighted by Gasteiger charge is 2.10. The average Bonchev–Trinajstić information content (AvgIpc) is 2.80. The quantitative estimate of drug-likeness (QED) is 0.644. The molecule has 7 heteroatoms. The molecule has 1 heterocycles. The Morgan fingerprint density at radius 1 is 1.32 bits per heavy atom. The maximum absolute atomic E-state index is 11.8. The zero-order valence-corrected chi connectivity index (χ0v) is 11.0. The summed E-state index contributed by atoms with van der Waals surface area (Å²) in [5.74, 6) is 0.372. The van der Waals surface area contributed by atoms with E-state index in [0.717, 1.165) is 5.56 Å². The Morgan fingerprint density at radius 3 is 2.63 bits per heavy atom. The van der Waals surface area contributed by atoms with Crippen molar-refractivity contribution in [3.8, 4) is 0 Å². The second-order valence-electron chi connectivity index (χ2n) is 3.97. The van der Waals surface area contributed by atoms with Crippen molar-refractivity contribution in [3.63, 3.8) is 0 Å². The highest BCUT2D eigenvalue weighted by atomic mass is 32.1. The smallest absolute Gasteiger partial charge is 0.324 e. The SMILES string of the molecule is Cc1ccc(NC(=O)Nc2[nH]ncc2C(N)=S)cc1. The summed E-state index contributed by atoms with van der Waals surface area (Å²) in [6.07, 6.45) is 1.46. The highest BCUT2D eigenvalue weighted by Crippen LogP contribution is 2.12. The molecule has 0 saturated heterocycles. The number of benzene rings is 1. The predicted molar refractivity (Wildman–Crippen MR) is 78.3 cm³/mol. The van der Waals surface area contributed by atoms with Crippen LogP contribution in [0, 0.1) is 6.92 Å². The molecule has 0 aliphatic rings. The number of nitrogens with one attached hydrogen (secondary N) is 3. The Morgan fingerprint density at radius 2 is 2.00 bits per heavy atom. The van der Waals surface area contributed by atoms with Gasteiger partial charge < -0.3 is 11.1 Å². The molecule has 0 radical (unpaired) electrons.